The second-order valence-electron chi connectivity index (χ2n) is 8.26. The average molecular weight is 558 g/mol. The lowest BCUT2D eigenvalue weighted by Crippen LogP contribution is -2.49. The van der Waals surface area contributed by atoms with E-state index in [4.69, 9.17) is 4.74 Å². The molecular weight excluding hydrogens is 535 g/mol. The summed E-state index contributed by atoms with van der Waals surface area (Å²) in [5.74, 6) is -0.0700. The summed E-state index contributed by atoms with van der Waals surface area (Å²) in [6, 6.07) is 11.9. The minimum absolute atomic E-state index is 0.156. The summed E-state index contributed by atoms with van der Waals surface area (Å²) in [4.78, 5) is 28.8. The number of cyclic esters (lactones) is 1. The normalized spacial score (nSPS) is 16.0. The number of aromatic nitrogens is 4. The fourth-order valence-corrected chi connectivity index (χ4v) is 5.08. The van der Waals surface area contributed by atoms with Crippen molar-refractivity contribution in [3.05, 3.63) is 68.5 Å². The number of fused-ring (bicyclic) bond motifs is 1. The monoisotopic (exact) mass is 558 g/mol. The van der Waals surface area contributed by atoms with Crippen LogP contribution in [0.25, 0.3) is 5.69 Å². The van der Waals surface area contributed by atoms with E-state index in [1.165, 1.54) is 5.56 Å². The number of hydrogen-bond acceptors (Lipinski definition) is 7. The Kier molecular flexibility index (Phi) is 6.36. The fourth-order valence-electron chi connectivity index (χ4n) is 4.25. The van der Waals surface area contributed by atoms with Crippen LogP contribution in [-0.2, 0) is 29.0 Å². The molecule has 0 atom stereocenters. The molecule has 2 aromatic carbocycles. The largest absolute Gasteiger partial charge is 0.457 e. The molecule has 0 saturated carbocycles. The minimum atomic E-state index is -0.226. The molecule has 33 heavy (non-hydrogen) atoms. The highest BCUT2D eigenvalue weighted by Crippen LogP contribution is 2.22. The quantitative estimate of drug-likeness (QED) is 0.337. The van der Waals surface area contributed by atoms with Crippen LogP contribution in [0.15, 0.2) is 42.7 Å². The SMILES string of the molecule is O=C1OCc2cc(CCN3CCN(C(=O)Cc4ccc(-n5cnnn5)c(I)c4)CC3)ccc21. The molecule has 1 saturated heterocycles. The van der Waals surface area contributed by atoms with Crippen molar-refractivity contribution in [2.45, 2.75) is 19.4 Å². The summed E-state index contributed by atoms with van der Waals surface area (Å²) in [6.07, 6.45) is 2.87. The molecule has 2 aliphatic rings. The summed E-state index contributed by atoms with van der Waals surface area (Å²) >= 11 is 2.24. The fraction of sp³-hybridized carbons (Fsp3) is 0.348. The van der Waals surface area contributed by atoms with E-state index in [-0.39, 0.29) is 11.9 Å². The maximum Gasteiger partial charge on any atom is 0.338 e. The van der Waals surface area contributed by atoms with Crippen molar-refractivity contribution in [3.63, 3.8) is 0 Å². The van der Waals surface area contributed by atoms with E-state index in [9.17, 15) is 9.59 Å². The number of hydrogen-bond donors (Lipinski definition) is 0. The van der Waals surface area contributed by atoms with Gasteiger partial charge in [-0.1, -0.05) is 18.2 Å². The lowest BCUT2D eigenvalue weighted by molar-refractivity contribution is -0.132. The van der Waals surface area contributed by atoms with Crippen molar-refractivity contribution in [2.75, 3.05) is 32.7 Å². The van der Waals surface area contributed by atoms with Crippen LogP contribution in [0.2, 0.25) is 0 Å². The van der Waals surface area contributed by atoms with Crippen molar-refractivity contribution in [1.82, 2.24) is 30.0 Å². The Morgan fingerprint density at radius 2 is 1.88 bits per heavy atom. The summed E-state index contributed by atoms with van der Waals surface area (Å²) < 4.78 is 7.69. The zero-order chi connectivity index (χ0) is 22.8. The first-order valence-electron chi connectivity index (χ1n) is 10.9. The number of piperazine rings is 1. The number of rotatable bonds is 6. The molecule has 9 nitrogen and oxygen atoms in total. The molecule has 3 aromatic rings. The summed E-state index contributed by atoms with van der Waals surface area (Å²) in [7, 11) is 0. The predicted molar refractivity (Wildman–Crippen MR) is 128 cm³/mol. The first kappa shape index (κ1) is 22.0. The number of halogens is 1. The van der Waals surface area contributed by atoms with Gasteiger partial charge in [-0.05, 0) is 68.8 Å². The number of ether oxygens (including phenoxy) is 1. The van der Waals surface area contributed by atoms with E-state index in [1.54, 1.807) is 11.0 Å². The van der Waals surface area contributed by atoms with Gasteiger partial charge in [0.1, 0.15) is 12.9 Å². The van der Waals surface area contributed by atoms with Gasteiger partial charge in [0.05, 0.1) is 17.7 Å². The number of carbonyl (C=O) groups is 2. The molecule has 170 valence electrons. The molecule has 0 radical (unpaired) electrons. The third kappa shape index (κ3) is 4.91. The van der Waals surface area contributed by atoms with Crippen LogP contribution in [0.3, 0.4) is 0 Å². The summed E-state index contributed by atoms with van der Waals surface area (Å²) in [6.45, 7) is 4.53. The minimum Gasteiger partial charge on any atom is -0.457 e. The van der Waals surface area contributed by atoms with Crippen molar-refractivity contribution >= 4 is 34.5 Å². The van der Waals surface area contributed by atoms with Gasteiger partial charge in [0, 0.05) is 41.9 Å². The van der Waals surface area contributed by atoms with Crippen molar-refractivity contribution < 1.29 is 14.3 Å². The van der Waals surface area contributed by atoms with Crippen molar-refractivity contribution in [2.24, 2.45) is 0 Å². The molecule has 5 rings (SSSR count). The van der Waals surface area contributed by atoms with E-state index >= 15 is 0 Å². The molecule has 0 aliphatic carbocycles. The molecule has 10 heteroatoms. The van der Waals surface area contributed by atoms with Crippen LogP contribution in [0.1, 0.15) is 27.0 Å². The zero-order valence-electron chi connectivity index (χ0n) is 18.0. The maximum absolute atomic E-state index is 12.8. The topological polar surface area (TPSA) is 93.5 Å². The van der Waals surface area contributed by atoms with Gasteiger partial charge in [-0.3, -0.25) is 9.69 Å². The highest BCUT2D eigenvalue weighted by Gasteiger charge is 2.23. The summed E-state index contributed by atoms with van der Waals surface area (Å²) in [5, 5.41) is 11.3. The van der Waals surface area contributed by atoms with Gasteiger partial charge in [0.15, 0.2) is 0 Å². The Hall–Kier alpha value is -2.86. The van der Waals surface area contributed by atoms with Gasteiger partial charge in [-0.15, -0.1) is 5.10 Å². The molecular formula is C23H23IN6O3. The number of tetrazole rings is 1. The lowest BCUT2D eigenvalue weighted by atomic mass is 10.0. The van der Waals surface area contributed by atoms with Crippen LogP contribution in [-0.4, -0.2) is 74.6 Å². The first-order chi connectivity index (χ1) is 16.1. The average Bonchev–Trinajstić information content (AvgIpc) is 3.48. The van der Waals surface area contributed by atoms with Gasteiger partial charge in [0.2, 0.25) is 5.91 Å². The van der Waals surface area contributed by atoms with Crippen LogP contribution in [0.5, 0.6) is 0 Å². The second-order valence-corrected chi connectivity index (χ2v) is 9.42. The number of benzene rings is 2. The molecule has 0 unspecified atom stereocenters. The molecule has 3 heterocycles. The predicted octanol–water partition coefficient (Wildman–Crippen LogP) is 1.87. The van der Waals surface area contributed by atoms with Crippen molar-refractivity contribution in [1.29, 1.82) is 0 Å². The number of esters is 1. The Morgan fingerprint density at radius 1 is 1.06 bits per heavy atom. The van der Waals surface area contributed by atoms with Crippen molar-refractivity contribution in [3.8, 4) is 5.69 Å². The number of amides is 1. The van der Waals surface area contributed by atoms with Gasteiger partial charge < -0.3 is 9.64 Å². The first-order valence-corrected chi connectivity index (χ1v) is 12.0. The number of carbonyl (C=O) groups excluding carboxylic acids is 2. The Labute approximate surface area is 204 Å². The Balaban J connectivity index is 1.10. The van der Waals surface area contributed by atoms with E-state index < -0.39 is 0 Å². The highest BCUT2D eigenvalue weighted by atomic mass is 127. The molecule has 1 fully saturated rings. The molecule has 0 bridgehead atoms. The van der Waals surface area contributed by atoms with E-state index in [0.29, 0.717) is 18.6 Å². The smallest absolute Gasteiger partial charge is 0.338 e. The standard InChI is InChI=1S/C23H23IN6O3/c24-20-12-17(2-4-21(20)30-15-25-26-27-30)13-22(31)29-9-7-28(8-10-29)6-5-16-1-3-19-18(11-16)14-33-23(19)32/h1-4,11-12,15H,5-10,13-14H2. The van der Waals surface area contributed by atoms with E-state index in [1.807, 2.05) is 35.2 Å². The van der Waals surface area contributed by atoms with E-state index in [0.717, 1.165) is 59.5 Å². The third-order valence-electron chi connectivity index (χ3n) is 6.15. The molecule has 0 spiro atoms. The van der Waals surface area contributed by atoms with Crippen LogP contribution < -0.4 is 0 Å². The van der Waals surface area contributed by atoms with Crippen LogP contribution in [0, 0.1) is 3.57 Å². The Morgan fingerprint density at radius 3 is 2.64 bits per heavy atom. The molecule has 1 amide bonds. The van der Waals surface area contributed by atoms with Crippen LogP contribution >= 0.6 is 22.6 Å². The molecule has 1 aromatic heterocycles. The number of nitrogens with zero attached hydrogens (tertiary/aromatic N) is 6. The van der Waals surface area contributed by atoms with Crippen LogP contribution in [0.4, 0.5) is 0 Å². The zero-order valence-corrected chi connectivity index (χ0v) is 20.1. The van der Waals surface area contributed by atoms with Gasteiger partial charge in [-0.25, -0.2) is 4.79 Å². The van der Waals surface area contributed by atoms with Gasteiger partial charge >= 0.3 is 5.97 Å². The van der Waals surface area contributed by atoms with Gasteiger partial charge in [-0.2, -0.15) is 4.68 Å². The van der Waals surface area contributed by atoms with Gasteiger partial charge in [0.25, 0.3) is 0 Å². The van der Waals surface area contributed by atoms with E-state index in [2.05, 4.69) is 49.1 Å². The Bertz CT molecular complexity index is 1170. The second kappa shape index (κ2) is 9.56. The third-order valence-corrected chi connectivity index (χ3v) is 7.02. The maximum atomic E-state index is 12.8. The summed E-state index contributed by atoms with van der Waals surface area (Å²) in [5.41, 5.74) is 4.76. The molecule has 2 aliphatic heterocycles. The highest BCUT2D eigenvalue weighted by molar-refractivity contribution is 14.1. The molecule has 0 N–H and O–H groups in total. The lowest BCUT2D eigenvalue weighted by Gasteiger charge is -2.35.